The maximum absolute atomic E-state index is 6.42. The van der Waals surface area contributed by atoms with E-state index in [-0.39, 0.29) is 6.10 Å². The Kier molecular flexibility index (Phi) is 6.06. The Bertz CT molecular complexity index is 1240. The van der Waals surface area contributed by atoms with Gasteiger partial charge in [-0.25, -0.2) is 0 Å². The average molecular weight is 510 g/mol. The van der Waals surface area contributed by atoms with Crippen molar-refractivity contribution >= 4 is 45.5 Å². The molecule has 0 saturated carbocycles. The first-order valence-corrected chi connectivity index (χ1v) is 15.0. The summed E-state index contributed by atoms with van der Waals surface area (Å²) in [4.78, 5) is 0. The molecule has 0 radical (unpaired) electrons. The second-order valence-electron chi connectivity index (χ2n) is 7.34. The van der Waals surface area contributed by atoms with Gasteiger partial charge in [-0.15, -0.1) is 0 Å². The maximum atomic E-state index is 6.42. The first-order valence-electron chi connectivity index (χ1n) is 9.50. The molecule has 0 spiro atoms. The van der Waals surface area contributed by atoms with Gasteiger partial charge in [0.2, 0.25) is 0 Å². The zero-order chi connectivity index (χ0) is 20.5. The third-order valence-electron chi connectivity index (χ3n) is 4.96. The Morgan fingerprint density at radius 2 is 1.45 bits per heavy atom. The second-order valence-corrected chi connectivity index (χ2v) is 13.1. The van der Waals surface area contributed by atoms with Crippen molar-refractivity contribution < 1.29 is 18.3 Å². The molecule has 4 rings (SSSR count). The summed E-state index contributed by atoms with van der Waals surface area (Å²) in [5.41, 5.74) is 4.50. The van der Waals surface area contributed by atoms with Gasteiger partial charge in [-0.1, -0.05) is 0 Å². The van der Waals surface area contributed by atoms with Crippen LogP contribution in [0.2, 0.25) is 0 Å². The predicted octanol–water partition coefficient (Wildman–Crippen LogP) is 7.83. The van der Waals surface area contributed by atoms with Crippen LogP contribution in [0.4, 0.5) is 0 Å². The van der Waals surface area contributed by atoms with Gasteiger partial charge in [-0.3, -0.25) is 0 Å². The number of rotatable bonds is 4. The molecule has 0 N–H and O–H groups in total. The monoisotopic (exact) mass is 510 g/mol. The molecule has 4 aromatic rings. The minimum absolute atomic E-state index is 0.0312. The molecular weight excluding hydrogens is 488 g/mol. The number of aryl methyl sites for hydroxylation is 1. The number of ether oxygens (including phenoxy) is 1. The van der Waals surface area contributed by atoms with E-state index in [2.05, 4.69) is 87.5 Å². The first kappa shape index (κ1) is 20.5. The third kappa shape index (κ3) is 4.12. The number of hydrogen-bond acceptors (Lipinski definition) is 1. The minimum atomic E-state index is -2.03. The molecule has 0 amide bonds. The van der Waals surface area contributed by atoms with Crippen LogP contribution in [0, 0.1) is 6.92 Å². The molecule has 0 atom stereocenters. The summed E-state index contributed by atoms with van der Waals surface area (Å²) >= 11 is -2.03. The topological polar surface area (TPSA) is 9.23 Å². The van der Waals surface area contributed by atoms with E-state index in [1.165, 1.54) is 27.3 Å². The predicted molar refractivity (Wildman–Crippen MR) is 124 cm³/mol. The zero-order valence-electron chi connectivity index (χ0n) is 16.5. The molecule has 1 nitrogen and oxygen atoms in total. The van der Waals surface area contributed by atoms with Crippen molar-refractivity contribution in [2.45, 2.75) is 26.9 Å². The van der Waals surface area contributed by atoms with Crippen LogP contribution < -0.4 is 4.74 Å². The average Bonchev–Trinajstić information content (AvgIpc) is 2.68. The number of fused-ring (bicyclic) bond motifs is 2. The third-order valence-corrected chi connectivity index (χ3v) is 6.79. The van der Waals surface area contributed by atoms with Crippen molar-refractivity contribution in [3.63, 3.8) is 0 Å². The number of benzene rings is 4. The van der Waals surface area contributed by atoms with Gasteiger partial charge in [0, 0.05) is 0 Å². The van der Waals surface area contributed by atoms with Gasteiger partial charge < -0.3 is 0 Å². The Balaban J connectivity index is 2.22. The van der Waals surface area contributed by atoms with E-state index in [1.54, 1.807) is 0 Å². The van der Waals surface area contributed by atoms with Crippen LogP contribution in [0.25, 0.3) is 32.7 Å². The van der Waals surface area contributed by atoms with Gasteiger partial charge >= 0.3 is 185 Å². The van der Waals surface area contributed by atoms with Crippen LogP contribution >= 0.6 is 19.4 Å². The van der Waals surface area contributed by atoms with E-state index in [0.29, 0.717) is 0 Å². The van der Waals surface area contributed by atoms with E-state index in [0.717, 1.165) is 22.3 Å². The van der Waals surface area contributed by atoms with Gasteiger partial charge in [0.1, 0.15) is 0 Å². The second kappa shape index (κ2) is 8.56. The molecule has 0 saturated heterocycles. The van der Waals surface area contributed by atoms with Crippen molar-refractivity contribution in [2.75, 3.05) is 0 Å². The molecular formula is C25H22Cl2ORu. The van der Waals surface area contributed by atoms with E-state index >= 15 is 0 Å². The summed E-state index contributed by atoms with van der Waals surface area (Å²) in [6, 6.07) is 23.4. The van der Waals surface area contributed by atoms with Crippen molar-refractivity contribution in [3.8, 4) is 16.9 Å². The molecule has 0 heterocycles. The Hall–Kier alpha value is -1.73. The van der Waals surface area contributed by atoms with Crippen LogP contribution in [0.15, 0.2) is 66.7 Å². The fraction of sp³-hybridized carbons (Fsp3) is 0.160. The van der Waals surface area contributed by atoms with Crippen LogP contribution in [0.5, 0.6) is 5.75 Å². The molecule has 0 bridgehead atoms. The molecule has 0 aliphatic heterocycles. The molecule has 0 unspecified atom stereocenters. The van der Waals surface area contributed by atoms with Crippen LogP contribution in [0.3, 0.4) is 0 Å². The summed E-state index contributed by atoms with van der Waals surface area (Å²) in [6.45, 7) is 6.26. The van der Waals surface area contributed by atoms with E-state index in [4.69, 9.17) is 24.1 Å². The fourth-order valence-corrected chi connectivity index (χ4v) is 5.60. The van der Waals surface area contributed by atoms with Gasteiger partial charge in [-0.2, -0.15) is 0 Å². The Morgan fingerprint density at radius 1 is 0.828 bits per heavy atom. The first-order chi connectivity index (χ1) is 14.0. The van der Waals surface area contributed by atoms with E-state index in [9.17, 15) is 0 Å². The van der Waals surface area contributed by atoms with E-state index in [1.807, 2.05) is 4.61 Å². The Labute approximate surface area is 184 Å². The quantitative estimate of drug-likeness (QED) is 0.254. The summed E-state index contributed by atoms with van der Waals surface area (Å²) in [6.07, 6.45) is 0.0312. The Morgan fingerprint density at radius 3 is 2.10 bits per heavy atom. The molecule has 0 aliphatic carbocycles. The molecule has 4 heteroatoms. The number of halogens is 2. The molecule has 0 fully saturated rings. The summed E-state index contributed by atoms with van der Waals surface area (Å²) < 4.78 is 8.41. The SMILES string of the molecule is Cc1ccc2ccccc2c1-c1c(OC(C)C)c([CH]=[Ru]([Cl])[Cl])cc2ccccc12. The summed E-state index contributed by atoms with van der Waals surface area (Å²) in [7, 11) is 12.6. The van der Waals surface area contributed by atoms with Crippen LogP contribution in [-0.2, 0) is 13.5 Å². The van der Waals surface area contributed by atoms with Crippen LogP contribution in [-0.4, -0.2) is 10.7 Å². The van der Waals surface area contributed by atoms with Crippen LogP contribution in [0.1, 0.15) is 25.0 Å². The molecule has 4 aromatic carbocycles. The fourth-order valence-electron chi connectivity index (χ4n) is 3.83. The molecule has 29 heavy (non-hydrogen) atoms. The van der Waals surface area contributed by atoms with Gasteiger partial charge in [-0.05, 0) is 0 Å². The molecule has 0 aliphatic rings. The summed E-state index contributed by atoms with van der Waals surface area (Å²) in [5, 5.41) is 4.75. The van der Waals surface area contributed by atoms with Crippen molar-refractivity contribution in [1.29, 1.82) is 0 Å². The number of hydrogen-bond donors (Lipinski definition) is 0. The van der Waals surface area contributed by atoms with Gasteiger partial charge in [0.05, 0.1) is 0 Å². The van der Waals surface area contributed by atoms with Crippen molar-refractivity contribution in [3.05, 3.63) is 77.9 Å². The van der Waals surface area contributed by atoms with E-state index < -0.39 is 13.5 Å². The van der Waals surface area contributed by atoms with Gasteiger partial charge in [0.25, 0.3) is 0 Å². The summed E-state index contributed by atoms with van der Waals surface area (Å²) in [5.74, 6) is 0.859. The zero-order valence-corrected chi connectivity index (χ0v) is 19.8. The normalized spacial score (nSPS) is 11.9. The standard InChI is InChI=1S/C25H22O.2ClH.Ru/c1-16(2)26-25-18(4)15-20-10-6-8-12-22(20)24(25)23-17(3)13-14-19-9-5-7-11-21(19)23;;;/h4-16H,1-3H3;2*1H;/q;;;+2/p-2. The molecule has 150 valence electrons. The van der Waals surface area contributed by atoms with Gasteiger partial charge in [0.15, 0.2) is 0 Å². The van der Waals surface area contributed by atoms with Crippen molar-refractivity contribution in [2.24, 2.45) is 0 Å². The molecule has 0 aromatic heterocycles. The van der Waals surface area contributed by atoms with Crippen molar-refractivity contribution in [1.82, 2.24) is 0 Å².